The number of aliphatic imine (C=N–C) groups is 1. The quantitative estimate of drug-likeness (QED) is 0.492. The lowest BCUT2D eigenvalue weighted by Gasteiger charge is -2.16. The topological polar surface area (TPSA) is 51.1 Å². The number of thioether (sulfide) groups is 1. The summed E-state index contributed by atoms with van der Waals surface area (Å²) in [5.41, 5.74) is 4.78. The van der Waals surface area contributed by atoms with Crippen LogP contribution in [0.1, 0.15) is 16.7 Å². The molecular formula is C25H20N2O3S. The summed E-state index contributed by atoms with van der Waals surface area (Å²) >= 11 is 1.37. The van der Waals surface area contributed by atoms with Crippen molar-refractivity contribution in [3.8, 4) is 11.5 Å². The van der Waals surface area contributed by atoms with Gasteiger partial charge in [0.25, 0.3) is 5.91 Å². The third-order valence-corrected chi connectivity index (χ3v) is 6.02. The Labute approximate surface area is 185 Å². The van der Waals surface area contributed by atoms with E-state index in [9.17, 15) is 4.79 Å². The van der Waals surface area contributed by atoms with Crippen molar-refractivity contribution >= 4 is 40.3 Å². The Morgan fingerprint density at radius 2 is 1.58 bits per heavy atom. The van der Waals surface area contributed by atoms with Crippen molar-refractivity contribution in [2.24, 2.45) is 4.99 Å². The molecule has 2 aliphatic heterocycles. The van der Waals surface area contributed by atoms with Gasteiger partial charge in [0.1, 0.15) is 0 Å². The second-order valence-corrected chi connectivity index (χ2v) is 8.44. The molecule has 3 aromatic rings. The molecule has 0 saturated carbocycles. The number of carbonyl (C=O) groups is 1. The van der Waals surface area contributed by atoms with E-state index in [1.54, 1.807) is 4.90 Å². The van der Waals surface area contributed by atoms with Crippen LogP contribution in [0.2, 0.25) is 0 Å². The fourth-order valence-corrected chi connectivity index (χ4v) is 4.36. The second-order valence-electron chi connectivity index (χ2n) is 7.43. The van der Waals surface area contributed by atoms with E-state index >= 15 is 0 Å². The van der Waals surface area contributed by atoms with Crippen molar-refractivity contribution < 1.29 is 14.3 Å². The Hall–Kier alpha value is -3.51. The van der Waals surface area contributed by atoms with Gasteiger partial charge in [0, 0.05) is 0 Å². The van der Waals surface area contributed by atoms with Crippen LogP contribution in [-0.4, -0.2) is 17.9 Å². The maximum Gasteiger partial charge on any atom is 0.271 e. The number of benzene rings is 3. The number of rotatable bonds is 3. The number of hydrogen-bond acceptors (Lipinski definition) is 5. The molecule has 3 aromatic carbocycles. The van der Waals surface area contributed by atoms with E-state index in [1.807, 2.05) is 86.7 Å². The van der Waals surface area contributed by atoms with Gasteiger partial charge in [0.15, 0.2) is 16.7 Å². The summed E-state index contributed by atoms with van der Waals surface area (Å²) in [6, 6.07) is 21.5. The fraction of sp³-hybridized carbons (Fsp3) is 0.120. The average Bonchev–Trinajstić information content (AvgIpc) is 3.35. The smallest absolute Gasteiger partial charge is 0.271 e. The normalized spacial score (nSPS) is 17.7. The summed E-state index contributed by atoms with van der Waals surface area (Å²) in [6.07, 6.45) is 1.87. The van der Waals surface area contributed by atoms with Crippen LogP contribution in [0.5, 0.6) is 11.5 Å². The van der Waals surface area contributed by atoms with E-state index in [0.717, 1.165) is 33.8 Å². The molecule has 2 heterocycles. The van der Waals surface area contributed by atoms with Crippen molar-refractivity contribution in [1.29, 1.82) is 0 Å². The number of amides is 1. The van der Waals surface area contributed by atoms with Gasteiger partial charge in [-0.3, -0.25) is 9.69 Å². The maximum atomic E-state index is 13.4. The Bertz CT molecular complexity index is 1210. The van der Waals surface area contributed by atoms with E-state index in [2.05, 4.69) is 0 Å². The number of carbonyl (C=O) groups excluding carboxylic acids is 1. The molecule has 1 fully saturated rings. The summed E-state index contributed by atoms with van der Waals surface area (Å²) < 4.78 is 10.8. The number of ether oxygens (including phenoxy) is 2. The fourth-order valence-electron chi connectivity index (χ4n) is 3.35. The predicted octanol–water partition coefficient (Wildman–Crippen LogP) is 5.84. The summed E-state index contributed by atoms with van der Waals surface area (Å²) in [5, 5.41) is 0.629. The second kappa shape index (κ2) is 7.96. The first-order valence-corrected chi connectivity index (χ1v) is 10.7. The molecule has 1 amide bonds. The molecule has 1 saturated heterocycles. The average molecular weight is 429 g/mol. The number of fused-ring (bicyclic) bond motifs is 1. The van der Waals surface area contributed by atoms with E-state index in [0.29, 0.717) is 15.8 Å². The van der Waals surface area contributed by atoms with Gasteiger partial charge >= 0.3 is 0 Å². The standard InChI is InChI=1S/C25H20N2O3S/c1-16-3-8-19(9-4-16)26-25-27(20-10-5-17(2)6-11-20)24(28)23(31-25)14-18-7-12-21-22(13-18)30-15-29-21/h3-14H,15H2,1-2H3. The molecule has 154 valence electrons. The Morgan fingerprint density at radius 3 is 2.32 bits per heavy atom. The van der Waals surface area contributed by atoms with Gasteiger partial charge in [-0.1, -0.05) is 41.5 Å². The van der Waals surface area contributed by atoms with Crippen molar-refractivity contribution in [2.45, 2.75) is 13.8 Å². The Balaban J connectivity index is 1.54. The van der Waals surface area contributed by atoms with Crippen LogP contribution in [0.3, 0.4) is 0 Å². The van der Waals surface area contributed by atoms with Crippen molar-refractivity contribution in [1.82, 2.24) is 0 Å². The molecule has 0 aromatic heterocycles. The van der Waals surface area contributed by atoms with E-state index in [-0.39, 0.29) is 12.7 Å². The van der Waals surface area contributed by atoms with E-state index in [1.165, 1.54) is 11.8 Å². The highest BCUT2D eigenvalue weighted by molar-refractivity contribution is 8.19. The summed E-state index contributed by atoms with van der Waals surface area (Å²) in [5.74, 6) is 1.31. The number of hydrogen-bond donors (Lipinski definition) is 0. The van der Waals surface area contributed by atoms with Gasteiger partial charge in [-0.15, -0.1) is 0 Å². The van der Waals surface area contributed by atoms with Gasteiger partial charge in [-0.05, 0) is 73.6 Å². The zero-order chi connectivity index (χ0) is 21.4. The van der Waals surface area contributed by atoms with Crippen LogP contribution in [0, 0.1) is 13.8 Å². The van der Waals surface area contributed by atoms with E-state index in [4.69, 9.17) is 14.5 Å². The Morgan fingerprint density at radius 1 is 0.903 bits per heavy atom. The molecule has 5 nitrogen and oxygen atoms in total. The van der Waals surface area contributed by atoms with Gasteiger partial charge in [0.05, 0.1) is 16.3 Å². The zero-order valence-corrected chi connectivity index (χ0v) is 18.0. The Kier molecular flexibility index (Phi) is 5.00. The highest BCUT2D eigenvalue weighted by Crippen LogP contribution is 2.39. The lowest BCUT2D eigenvalue weighted by atomic mass is 10.1. The van der Waals surface area contributed by atoms with Gasteiger partial charge in [0.2, 0.25) is 6.79 Å². The third-order valence-electron chi connectivity index (χ3n) is 5.05. The molecule has 0 N–H and O–H groups in total. The van der Waals surface area contributed by atoms with Gasteiger partial charge in [-0.25, -0.2) is 4.99 Å². The van der Waals surface area contributed by atoms with Crippen molar-refractivity contribution in [3.05, 3.63) is 88.3 Å². The summed E-state index contributed by atoms with van der Waals surface area (Å²) in [6.45, 7) is 4.28. The summed E-state index contributed by atoms with van der Waals surface area (Å²) in [4.78, 5) is 20.4. The zero-order valence-electron chi connectivity index (χ0n) is 17.2. The van der Waals surface area contributed by atoms with Gasteiger partial charge < -0.3 is 9.47 Å². The van der Waals surface area contributed by atoms with Gasteiger partial charge in [-0.2, -0.15) is 0 Å². The molecule has 6 heteroatoms. The van der Waals surface area contributed by atoms with Crippen LogP contribution in [-0.2, 0) is 4.79 Å². The first-order valence-electron chi connectivity index (χ1n) is 9.92. The monoisotopic (exact) mass is 428 g/mol. The summed E-state index contributed by atoms with van der Waals surface area (Å²) in [7, 11) is 0. The first-order chi connectivity index (χ1) is 15.1. The highest BCUT2D eigenvalue weighted by Gasteiger charge is 2.34. The van der Waals surface area contributed by atoms with Crippen LogP contribution < -0.4 is 14.4 Å². The SMILES string of the molecule is Cc1ccc(N=C2SC(=Cc3ccc4c(c3)OCO4)C(=O)N2c2ccc(C)cc2)cc1. The van der Waals surface area contributed by atoms with Crippen LogP contribution in [0.25, 0.3) is 6.08 Å². The maximum absolute atomic E-state index is 13.4. The largest absolute Gasteiger partial charge is 0.454 e. The van der Waals surface area contributed by atoms with Crippen LogP contribution in [0.15, 0.2) is 76.6 Å². The van der Waals surface area contributed by atoms with Crippen LogP contribution in [0.4, 0.5) is 11.4 Å². The predicted molar refractivity (Wildman–Crippen MR) is 125 cm³/mol. The molecule has 0 aliphatic carbocycles. The molecular weight excluding hydrogens is 408 g/mol. The lowest BCUT2D eigenvalue weighted by molar-refractivity contribution is -0.113. The van der Waals surface area contributed by atoms with Crippen molar-refractivity contribution in [2.75, 3.05) is 11.7 Å². The van der Waals surface area contributed by atoms with Crippen molar-refractivity contribution in [3.63, 3.8) is 0 Å². The molecule has 0 radical (unpaired) electrons. The molecule has 0 unspecified atom stereocenters. The minimum atomic E-state index is -0.0996. The lowest BCUT2D eigenvalue weighted by Crippen LogP contribution is -2.28. The number of anilines is 1. The molecule has 2 aliphatic rings. The van der Waals surface area contributed by atoms with Crippen LogP contribution >= 0.6 is 11.8 Å². The molecule has 0 spiro atoms. The molecule has 0 bridgehead atoms. The number of aryl methyl sites for hydroxylation is 2. The minimum Gasteiger partial charge on any atom is -0.454 e. The first kappa shape index (κ1) is 19.5. The molecule has 31 heavy (non-hydrogen) atoms. The number of amidine groups is 1. The molecule has 0 atom stereocenters. The minimum absolute atomic E-state index is 0.0996. The number of nitrogens with zero attached hydrogens (tertiary/aromatic N) is 2. The third kappa shape index (κ3) is 3.94. The highest BCUT2D eigenvalue weighted by atomic mass is 32.2. The van der Waals surface area contributed by atoms with E-state index < -0.39 is 0 Å². The molecule has 5 rings (SSSR count).